The van der Waals surface area contributed by atoms with E-state index in [0.717, 1.165) is 31.7 Å². The van der Waals surface area contributed by atoms with Crippen molar-refractivity contribution in [2.45, 2.75) is 25.8 Å². The summed E-state index contributed by atoms with van der Waals surface area (Å²) < 4.78 is 10.3. The van der Waals surface area contributed by atoms with Crippen molar-refractivity contribution < 1.29 is 23.5 Å². The molecule has 3 fully saturated rings. The van der Waals surface area contributed by atoms with Gasteiger partial charge in [0.15, 0.2) is 0 Å². The fraction of sp³-hybridized carbons (Fsp3) is 0.650. The van der Waals surface area contributed by atoms with Crippen molar-refractivity contribution in [3.8, 4) is 0 Å². The summed E-state index contributed by atoms with van der Waals surface area (Å²) in [6.45, 7) is 4.12. The Hall–Kier alpha value is -2.35. The van der Waals surface area contributed by atoms with E-state index in [1.807, 2.05) is 11.0 Å². The Bertz CT molecular complexity index is 761. The summed E-state index contributed by atoms with van der Waals surface area (Å²) in [4.78, 5) is 40.2. The molecule has 8 heteroatoms. The second-order valence-electron chi connectivity index (χ2n) is 7.97. The van der Waals surface area contributed by atoms with Crippen LogP contribution >= 0.6 is 0 Å². The van der Waals surface area contributed by atoms with Crippen LogP contribution in [0.25, 0.3) is 0 Å². The molecule has 1 aromatic rings. The number of fused-ring (bicyclic) bond motifs is 1. The number of esters is 1. The van der Waals surface area contributed by atoms with Crippen molar-refractivity contribution >= 4 is 17.8 Å². The highest BCUT2D eigenvalue weighted by atomic mass is 16.5. The lowest BCUT2D eigenvalue weighted by molar-refractivity contribution is -0.148. The zero-order chi connectivity index (χ0) is 19.7. The second kappa shape index (κ2) is 7.95. The molecular weight excluding hydrogens is 362 g/mol. The summed E-state index contributed by atoms with van der Waals surface area (Å²) in [5, 5.41) is 2.82. The summed E-state index contributed by atoms with van der Waals surface area (Å²) in [5.74, 6) is 1.73. The third-order valence-corrected chi connectivity index (χ3v) is 6.33. The Kier molecular flexibility index (Phi) is 5.39. The molecule has 8 nitrogen and oxygen atoms in total. The van der Waals surface area contributed by atoms with Crippen molar-refractivity contribution in [1.29, 1.82) is 0 Å². The molecule has 0 unspecified atom stereocenters. The largest absolute Gasteiger partial charge is 0.463 e. The minimum Gasteiger partial charge on any atom is -0.463 e. The first-order valence-electron chi connectivity index (χ1n) is 10.00. The first kappa shape index (κ1) is 19.0. The molecule has 1 aromatic heterocycles. The number of nitrogens with zero attached hydrogens (tertiary/aromatic N) is 2. The lowest BCUT2D eigenvalue weighted by Crippen LogP contribution is -2.55. The van der Waals surface area contributed by atoms with E-state index in [1.165, 1.54) is 7.11 Å². The predicted molar refractivity (Wildman–Crippen MR) is 99.2 cm³/mol. The number of amides is 2. The van der Waals surface area contributed by atoms with Crippen LogP contribution in [0, 0.1) is 17.8 Å². The van der Waals surface area contributed by atoms with Gasteiger partial charge in [-0.2, -0.15) is 0 Å². The zero-order valence-electron chi connectivity index (χ0n) is 16.2. The third kappa shape index (κ3) is 3.78. The van der Waals surface area contributed by atoms with E-state index in [2.05, 4.69) is 15.0 Å². The van der Waals surface area contributed by atoms with Crippen LogP contribution in [0.1, 0.15) is 35.6 Å². The van der Waals surface area contributed by atoms with Gasteiger partial charge in [0.25, 0.3) is 0 Å². The van der Waals surface area contributed by atoms with Gasteiger partial charge in [-0.3, -0.25) is 14.5 Å². The van der Waals surface area contributed by atoms with E-state index < -0.39 is 5.97 Å². The Morgan fingerprint density at radius 2 is 2.14 bits per heavy atom. The number of carbonyl (C=O) groups excluding carboxylic acids is 3. The molecule has 0 bridgehead atoms. The first-order chi connectivity index (χ1) is 13.5. The average molecular weight is 389 g/mol. The predicted octanol–water partition coefficient (Wildman–Crippen LogP) is 0.873. The van der Waals surface area contributed by atoms with Crippen LogP contribution in [0.4, 0.5) is 0 Å². The molecule has 3 aliphatic rings. The number of likely N-dealkylation sites (tertiary alicyclic amines) is 1. The van der Waals surface area contributed by atoms with Crippen molar-refractivity contribution in [1.82, 2.24) is 15.1 Å². The van der Waals surface area contributed by atoms with E-state index in [-0.39, 0.29) is 23.5 Å². The van der Waals surface area contributed by atoms with Crippen LogP contribution < -0.4 is 5.32 Å². The maximum Gasteiger partial charge on any atom is 0.373 e. The quantitative estimate of drug-likeness (QED) is 0.769. The number of carbonyl (C=O) groups is 3. The van der Waals surface area contributed by atoms with E-state index in [1.54, 1.807) is 6.07 Å². The fourth-order valence-electron chi connectivity index (χ4n) is 4.70. The topological polar surface area (TPSA) is 92.1 Å². The maximum absolute atomic E-state index is 13.0. The number of methoxy groups -OCH3 is 1. The monoisotopic (exact) mass is 389 g/mol. The molecule has 2 amide bonds. The minimum atomic E-state index is -0.472. The van der Waals surface area contributed by atoms with Crippen LogP contribution in [0.2, 0.25) is 0 Å². The number of hydrogen-bond acceptors (Lipinski definition) is 6. The van der Waals surface area contributed by atoms with Gasteiger partial charge in [0.05, 0.1) is 13.7 Å². The van der Waals surface area contributed by atoms with Gasteiger partial charge >= 0.3 is 5.97 Å². The van der Waals surface area contributed by atoms with Crippen LogP contribution in [0.15, 0.2) is 16.5 Å². The van der Waals surface area contributed by atoms with Gasteiger partial charge in [-0.15, -0.1) is 0 Å². The standard InChI is InChI=1S/C20H27N3O5/c1-27-20(26)17-3-2-14(28-17)11-22-7-4-13-10-15(16(13)12-22)19(25)23-8-5-18(24)21-6-9-23/h2-3,13,15-16H,4-12H2,1H3,(H,21,24)/t13-,15-,16-/m1/s1. The maximum atomic E-state index is 13.0. The molecule has 0 radical (unpaired) electrons. The van der Waals surface area contributed by atoms with Gasteiger partial charge in [0.1, 0.15) is 5.76 Å². The molecule has 152 valence electrons. The molecule has 4 rings (SSSR count). The van der Waals surface area contributed by atoms with Crippen molar-refractivity contribution in [3.63, 3.8) is 0 Å². The molecule has 28 heavy (non-hydrogen) atoms. The Labute approximate surface area is 164 Å². The van der Waals surface area contributed by atoms with Gasteiger partial charge in [-0.05, 0) is 43.4 Å². The highest BCUT2D eigenvalue weighted by Gasteiger charge is 2.48. The lowest BCUT2D eigenvalue weighted by atomic mass is 9.61. The number of nitrogens with one attached hydrogen (secondary N) is 1. The molecule has 1 saturated carbocycles. The van der Waals surface area contributed by atoms with Gasteiger partial charge in [-0.25, -0.2) is 4.79 Å². The Balaban J connectivity index is 1.34. The van der Waals surface area contributed by atoms with Crippen LogP contribution in [-0.2, 0) is 20.9 Å². The highest BCUT2D eigenvalue weighted by molar-refractivity contribution is 5.86. The van der Waals surface area contributed by atoms with E-state index >= 15 is 0 Å². The first-order valence-corrected chi connectivity index (χ1v) is 10.00. The minimum absolute atomic E-state index is 0.0235. The number of hydrogen-bond donors (Lipinski definition) is 1. The highest BCUT2D eigenvalue weighted by Crippen LogP contribution is 2.46. The lowest BCUT2D eigenvalue weighted by Gasteiger charge is -2.51. The van der Waals surface area contributed by atoms with Crippen molar-refractivity contribution in [2.24, 2.45) is 17.8 Å². The molecule has 1 aliphatic carbocycles. The average Bonchev–Trinajstić information content (AvgIpc) is 3.03. The van der Waals surface area contributed by atoms with Gasteiger partial charge in [0, 0.05) is 38.5 Å². The number of rotatable bonds is 4. The Morgan fingerprint density at radius 1 is 1.29 bits per heavy atom. The molecule has 2 aliphatic heterocycles. The molecule has 2 saturated heterocycles. The molecule has 1 N–H and O–H groups in total. The molecular formula is C20H27N3O5. The summed E-state index contributed by atoms with van der Waals surface area (Å²) in [6.07, 6.45) is 2.43. The number of ether oxygens (including phenoxy) is 1. The third-order valence-electron chi connectivity index (χ3n) is 6.33. The van der Waals surface area contributed by atoms with Gasteiger partial charge in [-0.1, -0.05) is 0 Å². The molecule has 3 heterocycles. The number of furan rings is 1. The summed E-state index contributed by atoms with van der Waals surface area (Å²) in [5.41, 5.74) is 0. The number of piperidine rings is 1. The molecule has 3 atom stereocenters. The van der Waals surface area contributed by atoms with Crippen LogP contribution in [0.3, 0.4) is 0 Å². The van der Waals surface area contributed by atoms with E-state index in [9.17, 15) is 14.4 Å². The fourth-order valence-corrected chi connectivity index (χ4v) is 4.70. The normalized spacial score (nSPS) is 28.0. The summed E-state index contributed by atoms with van der Waals surface area (Å²) in [6, 6.07) is 3.45. The molecule has 0 aromatic carbocycles. The Morgan fingerprint density at radius 3 is 2.96 bits per heavy atom. The van der Waals surface area contributed by atoms with Gasteiger partial charge < -0.3 is 19.4 Å². The van der Waals surface area contributed by atoms with Crippen LogP contribution in [-0.4, -0.2) is 67.4 Å². The van der Waals surface area contributed by atoms with Crippen LogP contribution in [0.5, 0.6) is 0 Å². The summed E-state index contributed by atoms with van der Waals surface area (Å²) in [7, 11) is 1.33. The summed E-state index contributed by atoms with van der Waals surface area (Å²) >= 11 is 0. The second-order valence-corrected chi connectivity index (χ2v) is 7.97. The van der Waals surface area contributed by atoms with E-state index in [0.29, 0.717) is 44.4 Å². The zero-order valence-corrected chi connectivity index (χ0v) is 16.2. The van der Waals surface area contributed by atoms with Crippen molar-refractivity contribution in [2.75, 3.05) is 39.8 Å². The molecule has 0 spiro atoms. The SMILES string of the molecule is COC(=O)c1ccc(CN2CC[C@@H]3C[C@@H](C(=O)N4CCNC(=O)CC4)[C@@H]3C2)o1. The van der Waals surface area contributed by atoms with E-state index in [4.69, 9.17) is 4.42 Å². The smallest absolute Gasteiger partial charge is 0.373 e. The van der Waals surface area contributed by atoms with Crippen molar-refractivity contribution in [3.05, 3.63) is 23.7 Å². The van der Waals surface area contributed by atoms with Gasteiger partial charge in [0.2, 0.25) is 17.6 Å².